The molecule has 0 spiro atoms. The lowest BCUT2D eigenvalue weighted by atomic mass is 9.89. The normalized spacial score (nSPS) is 17.4. The fourth-order valence-electron chi connectivity index (χ4n) is 4.64. The first-order chi connectivity index (χ1) is 16.4. The summed E-state index contributed by atoms with van der Waals surface area (Å²) in [5.74, 6) is -0.381. The molecule has 0 radical (unpaired) electrons. The molecule has 4 rings (SSSR count). The summed E-state index contributed by atoms with van der Waals surface area (Å²) >= 11 is 0. The third kappa shape index (κ3) is 5.59. The zero-order valence-electron chi connectivity index (χ0n) is 19.3. The molecular weight excluding hydrogens is 436 g/mol. The summed E-state index contributed by atoms with van der Waals surface area (Å²) in [5, 5.41) is 12.0. The number of carboxylic acids is 1. The van der Waals surface area contributed by atoms with E-state index >= 15 is 0 Å². The number of carboxylic acid groups (broad SMARTS) is 1. The predicted molar refractivity (Wildman–Crippen MR) is 123 cm³/mol. The molecule has 34 heavy (non-hydrogen) atoms. The van der Waals surface area contributed by atoms with Crippen LogP contribution < -0.4 is 5.32 Å². The van der Waals surface area contributed by atoms with E-state index in [0.717, 1.165) is 25.7 Å². The number of rotatable bonds is 6. The Morgan fingerprint density at radius 1 is 1.15 bits per heavy atom. The fraction of sp³-hybridized carbons (Fsp3) is 0.480. The van der Waals surface area contributed by atoms with Gasteiger partial charge in [0, 0.05) is 50.9 Å². The summed E-state index contributed by atoms with van der Waals surface area (Å²) < 4.78 is 5.37. The molecular formula is C25H30N4O5. The molecule has 0 unspecified atom stereocenters. The first-order valence-electron chi connectivity index (χ1n) is 11.7. The van der Waals surface area contributed by atoms with Gasteiger partial charge in [0.1, 0.15) is 5.82 Å². The standard InChI is InChI=1S/C25H30N4O5/c1-16-26-15-21(23(30)27-14-17-3-2-4-20(13-17)25(32)33)22(28-16)18-5-9-29(10-6-18)24(31)19-7-11-34-12-8-19/h2-4,13,15,18-19H,5-12,14H2,1H3,(H,27,30)(H,32,33). The Kier molecular flexibility index (Phi) is 7.52. The Morgan fingerprint density at radius 2 is 1.88 bits per heavy atom. The molecule has 180 valence electrons. The summed E-state index contributed by atoms with van der Waals surface area (Å²) in [6, 6.07) is 6.48. The van der Waals surface area contributed by atoms with Crippen molar-refractivity contribution in [3.05, 3.63) is 58.7 Å². The van der Waals surface area contributed by atoms with Crippen LogP contribution >= 0.6 is 0 Å². The highest BCUT2D eigenvalue weighted by Crippen LogP contribution is 2.30. The number of amides is 2. The van der Waals surface area contributed by atoms with E-state index in [-0.39, 0.29) is 35.8 Å². The monoisotopic (exact) mass is 466 g/mol. The van der Waals surface area contributed by atoms with Crippen molar-refractivity contribution in [3.63, 3.8) is 0 Å². The Morgan fingerprint density at radius 3 is 2.59 bits per heavy atom. The number of piperidine rings is 1. The number of carbonyl (C=O) groups is 3. The fourth-order valence-corrected chi connectivity index (χ4v) is 4.64. The average molecular weight is 467 g/mol. The number of nitrogens with zero attached hydrogens (tertiary/aromatic N) is 3. The minimum Gasteiger partial charge on any atom is -0.478 e. The van der Waals surface area contributed by atoms with Crippen LogP contribution in [0.3, 0.4) is 0 Å². The number of hydrogen-bond donors (Lipinski definition) is 2. The van der Waals surface area contributed by atoms with Crippen molar-refractivity contribution in [3.8, 4) is 0 Å². The van der Waals surface area contributed by atoms with Gasteiger partial charge >= 0.3 is 5.97 Å². The van der Waals surface area contributed by atoms with Crippen molar-refractivity contribution in [2.24, 2.45) is 5.92 Å². The Bertz CT molecular complexity index is 1060. The van der Waals surface area contributed by atoms with Crippen molar-refractivity contribution in [2.45, 2.75) is 45.1 Å². The number of ether oxygens (including phenoxy) is 1. The quantitative estimate of drug-likeness (QED) is 0.671. The van der Waals surface area contributed by atoms with Gasteiger partial charge in [-0.2, -0.15) is 0 Å². The second kappa shape index (κ2) is 10.7. The van der Waals surface area contributed by atoms with Gasteiger partial charge in [-0.05, 0) is 50.3 Å². The molecule has 0 aliphatic carbocycles. The van der Waals surface area contributed by atoms with Gasteiger partial charge in [0.05, 0.1) is 16.8 Å². The summed E-state index contributed by atoms with van der Waals surface area (Å²) in [5.41, 5.74) is 2.01. The van der Waals surface area contributed by atoms with Crippen LogP contribution in [0.5, 0.6) is 0 Å². The lowest BCUT2D eigenvalue weighted by Gasteiger charge is -2.35. The van der Waals surface area contributed by atoms with Gasteiger partial charge in [-0.3, -0.25) is 9.59 Å². The highest BCUT2D eigenvalue weighted by Gasteiger charge is 2.31. The molecule has 2 fully saturated rings. The molecule has 2 aliphatic heterocycles. The van der Waals surface area contributed by atoms with Crippen LogP contribution in [0.1, 0.15) is 69.4 Å². The molecule has 0 saturated carbocycles. The highest BCUT2D eigenvalue weighted by atomic mass is 16.5. The summed E-state index contributed by atoms with van der Waals surface area (Å²) in [6.45, 7) is 4.58. The zero-order chi connectivity index (χ0) is 24.1. The van der Waals surface area contributed by atoms with E-state index in [1.54, 1.807) is 31.3 Å². The predicted octanol–water partition coefficient (Wildman–Crippen LogP) is 2.55. The van der Waals surface area contributed by atoms with E-state index in [4.69, 9.17) is 9.84 Å². The molecule has 2 amide bonds. The topological polar surface area (TPSA) is 122 Å². The van der Waals surface area contributed by atoms with Crippen molar-refractivity contribution in [1.82, 2.24) is 20.2 Å². The van der Waals surface area contributed by atoms with Crippen molar-refractivity contribution in [1.29, 1.82) is 0 Å². The van der Waals surface area contributed by atoms with Gasteiger partial charge in [0.25, 0.3) is 5.91 Å². The molecule has 2 N–H and O–H groups in total. The van der Waals surface area contributed by atoms with Crippen LogP contribution in [-0.2, 0) is 16.1 Å². The Balaban J connectivity index is 1.41. The largest absolute Gasteiger partial charge is 0.478 e. The molecule has 3 heterocycles. The van der Waals surface area contributed by atoms with Crippen LogP contribution in [0, 0.1) is 12.8 Å². The Labute approximate surface area is 198 Å². The SMILES string of the molecule is Cc1ncc(C(=O)NCc2cccc(C(=O)O)c2)c(C2CCN(C(=O)C3CCOCC3)CC2)n1. The van der Waals surface area contributed by atoms with Gasteiger partial charge in [-0.25, -0.2) is 14.8 Å². The number of carbonyl (C=O) groups excluding carboxylic acids is 2. The second-order valence-electron chi connectivity index (χ2n) is 8.89. The lowest BCUT2D eigenvalue weighted by Crippen LogP contribution is -2.43. The average Bonchev–Trinajstić information content (AvgIpc) is 2.87. The molecule has 2 saturated heterocycles. The zero-order valence-corrected chi connectivity index (χ0v) is 19.3. The third-order valence-electron chi connectivity index (χ3n) is 6.57. The summed E-state index contributed by atoms with van der Waals surface area (Å²) in [4.78, 5) is 47.8. The molecule has 0 atom stereocenters. The summed E-state index contributed by atoms with van der Waals surface area (Å²) in [7, 11) is 0. The third-order valence-corrected chi connectivity index (χ3v) is 6.57. The molecule has 2 aromatic rings. The van der Waals surface area contributed by atoms with E-state index in [1.165, 1.54) is 6.07 Å². The van der Waals surface area contributed by atoms with E-state index in [0.29, 0.717) is 48.9 Å². The van der Waals surface area contributed by atoms with Gasteiger partial charge in [-0.15, -0.1) is 0 Å². The molecule has 1 aromatic carbocycles. The number of hydrogen-bond acceptors (Lipinski definition) is 6. The highest BCUT2D eigenvalue weighted by molar-refractivity contribution is 5.95. The van der Waals surface area contributed by atoms with Crippen molar-refractivity contribution < 1.29 is 24.2 Å². The number of nitrogens with one attached hydrogen (secondary N) is 1. The first kappa shape index (κ1) is 23.8. The van der Waals surface area contributed by atoms with Crippen molar-refractivity contribution in [2.75, 3.05) is 26.3 Å². The smallest absolute Gasteiger partial charge is 0.335 e. The molecule has 9 heteroatoms. The maximum absolute atomic E-state index is 13.0. The van der Waals surface area contributed by atoms with Crippen LogP contribution in [0.15, 0.2) is 30.5 Å². The van der Waals surface area contributed by atoms with Crippen LogP contribution in [0.25, 0.3) is 0 Å². The molecule has 9 nitrogen and oxygen atoms in total. The maximum atomic E-state index is 13.0. The minimum atomic E-state index is -1.01. The first-order valence-corrected chi connectivity index (χ1v) is 11.7. The lowest BCUT2D eigenvalue weighted by molar-refractivity contribution is -0.139. The van der Waals surface area contributed by atoms with Crippen LogP contribution in [-0.4, -0.2) is 64.1 Å². The van der Waals surface area contributed by atoms with Gasteiger partial charge in [0.2, 0.25) is 5.91 Å². The number of aryl methyl sites for hydroxylation is 1. The van der Waals surface area contributed by atoms with Crippen LogP contribution in [0.4, 0.5) is 0 Å². The number of likely N-dealkylation sites (tertiary alicyclic amines) is 1. The molecule has 1 aromatic heterocycles. The summed E-state index contributed by atoms with van der Waals surface area (Å²) in [6.07, 6.45) is 4.60. The number of benzene rings is 1. The molecule has 0 bridgehead atoms. The number of aromatic nitrogens is 2. The Hall–Kier alpha value is -3.33. The van der Waals surface area contributed by atoms with Gasteiger partial charge < -0.3 is 20.1 Å². The van der Waals surface area contributed by atoms with Crippen LogP contribution in [0.2, 0.25) is 0 Å². The van der Waals surface area contributed by atoms with E-state index in [2.05, 4.69) is 15.3 Å². The second-order valence-corrected chi connectivity index (χ2v) is 8.89. The minimum absolute atomic E-state index is 0.0487. The maximum Gasteiger partial charge on any atom is 0.335 e. The number of aromatic carboxylic acids is 1. The molecule has 2 aliphatic rings. The van der Waals surface area contributed by atoms with Gasteiger partial charge in [0.15, 0.2) is 0 Å². The van der Waals surface area contributed by atoms with Gasteiger partial charge in [-0.1, -0.05) is 12.1 Å². The van der Waals surface area contributed by atoms with Crippen molar-refractivity contribution >= 4 is 17.8 Å². The van der Waals surface area contributed by atoms with E-state index < -0.39 is 5.97 Å². The van der Waals surface area contributed by atoms with E-state index in [1.807, 2.05) is 4.90 Å². The van der Waals surface area contributed by atoms with E-state index in [9.17, 15) is 14.4 Å².